The van der Waals surface area contributed by atoms with Gasteiger partial charge in [-0.15, -0.1) is 0 Å². The van der Waals surface area contributed by atoms with E-state index in [1.165, 1.54) is 45.4 Å². The van der Waals surface area contributed by atoms with Gasteiger partial charge < -0.3 is 10.2 Å². The molecule has 1 atom stereocenters. The predicted molar refractivity (Wildman–Crippen MR) is 69.3 cm³/mol. The molecule has 0 fully saturated rings. The minimum Gasteiger partial charge on any atom is -0.315 e. The molecule has 0 aromatic carbocycles. The molecule has 0 aliphatic carbocycles. The quantitative estimate of drug-likeness (QED) is 0.563. The Morgan fingerprint density at radius 1 is 1.13 bits per heavy atom. The highest BCUT2D eigenvalue weighted by atomic mass is 15.1. The summed E-state index contributed by atoms with van der Waals surface area (Å²) < 4.78 is 0. The molecular formula is C13H30N2. The van der Waals surface area contributed by atoms with Gasteiger partial charge in [0.2, 0.25) is 0 Å². The summed E-state index contributed by atoms with van der Waals surface area (Å²) in [6.07, 6.45) is 3.88. The third kappa shape index (κ3) is 8.88. The van der Waals surface area contributed by atoms with Gasteiger partial charge in [-0.2, -0.15) is 0 Å². The van der Waals surface area contributed by atoms with Crippen LogP contribution in [0.4, 0.5) is 0 Å². The predicted octanol–water partition coefficient (Wildman–Crippen LogP) is 2.74. The summed E-state index contributed by atoms with van der Waals surface area (Å²) in [6, 6.07) is 0. The van der Waals surface area contributed by atoms with Crippen molar-refractivity contribution in [1.82, 2.24) is 10.2 Å². The summed E-state index contributed by atoms with van der Waals surface area (Å²) in [5.74, 6) is 0.834. The van der Waals surface area contributed by atoms with Crippen LogP contribution in [-0.4, -0.2) is 37.6 Å². The summed E-state index contributed by atoms with van der Waals surface area (Å²) in [5, 5.41) is 3.50. The first-order valence-corrected chi connectivity index (χ1v) is 6.67. The van der Waals surface area contributed by atoms with Crippen LogP contribution in [-0.2, 0) is 0 Å². The van der Waals surface area contributed by atoms with E-state index >= 15 is 0 Å². The molecule has 0 bridgehead atoms. The number of likely N-dealkylation sites (N-methyl/N-ethyl adjacent to an activating group) is 1. The Hall–Kier alpha value is -0.0800. The largest absolute Gasteiger partial charge is 0.315 e. The molecule has 0 amide bonds. The van der Waals surface area contributed by atoms with Crippen LogP contribution in [0.5, 0.6) is 0 Å². The highest BCUT2D eigenvalue weighted by Gasteiger charge is 2.05. The molecule has 1 unspecified atom stereocenters. The maximum atomic E-state index is 3.50. The number of rotatable bonds is 10. The highest BCUT2D eigenvalue weighted by Crippen LogP contribution is 2.03. The van der Waals surface area contributed by atoms with Gasteiger partial charge in [0, 0.05) is 19.6 Å². The Morgan fingerprint density at radius 3 is 2.40 bits per heavy atom. The van der Waals surface area contributed by atoms with Crippen molar-refractivity contribution in [2.24, 2.45) is 5.92 Å². The first-order valence-electron chi connectivity index (χ1n) is 6.67. The molecule has 0 aliphatic rings. The average molecular weight is 214 g/mol. The van der Waals surface area contributed by atoms with Crippen molar-refractivity contribution in [2.45, 2.75) is 47.0 Å². The van der Waals surface area contributed by atoms with Crippen molar-refractivity contribution < 1.29 is 0 Å². The van der Waals surface area contributed by atoms with Crippen molar-refractivity contribution in [2.75, 3.05) is 32.7 Å². The van der Waals surface area contributed by atoms with Crippen LogP contribution in [0.3, 0.4) is 0 Å². The Labute approximate surface area is 96.4 Å². The van der Waals surface area contributed by atoms with Gasteiger partial charge in [0.25, 0.3) is 0 Å². The molecule has 92 valence electrons. The highest BCUT2D eigenvalue weighted by molar-refractivity contribution is 4.61. The molecule has 0 aromatic heterocycles. The van der Waals surface area contributed by atoms with E-state index < -0.39 is 0 Å². The lowest BCUT2D eigenvalue weighted by molar-refractivity contribution is 0.246. The standard InChI is InChI=1S/C13H30N2/c1-5-8-9-14-10-11-15(7-3)12-13(4)6-2/h13-14H,5-12H2,1-4H3. The summed E-state index contributed by atoms with van der Waals surface area (Å²) in [4.78, 5) is 2.55. The molecule has 0 saturated carbocycles. The Bertz CT molecular complexity index is 126. The second kappa shape index (κ2) is 10.4. The molecule has 0 rings (SSSR count). The molecule has 0 saturated heterocycles. The molecule has 2 nitrogen and oxygen atoms in total. The third-order valence-corrected chi connectivity index (χ3v) is 3.03. The normalized spacial score (nSPS) is 13.4. The minimum atomic E-state index is 0.834. The Morgan fingerprint density at radius 2 is 1.87 bits per heavy atom. The number of nitrogens with one attached hydrogen (secondary N) is 1. The first-order chi connectivity index (χ1) is 7.24. The van der Waals surface area contributed by atoms with Crippen LogP contribution < -0.4 is 5.32 Å². The zero-order valence-corrected chi connectivity index (χ0v) is 11.2. The van der Waals surface area contributed by atoms with E-state index in [0.29, 0.717) is 0 Å². The van der Waals surface area contributed by atoms with Crippen molar-refractivity contribution in [3.63, 3.8) is 0 Å². The van der Waals surface area contributed by atoms with Crippen molar-refractivity contribution in [3.8, 4) is 0 Å². The zero-order valence-electron chi connectivity index (χ0n) is 11.2. The van der Waals surface area contributed by atoms with E-state index in [4.69, 9.17) is 0 Å². The summed E-state index contributed by atoms with van der Waals surface area (Å²) >= 11 is 0. The van der Waals surface area contributed by atoms with Crippen LogP contribution in [0.25, 0.3) is 0 Å². The molecule has 0 aromatic rings. The number of hydrogen-bond acceptors (Lipinski definition) is 2. The van der Waals surface area contributed by atoms with Gasteiger partial charge >= 0.3 is 0 Å². The molecule has 0 aliphatic heterocycles. The van der Waals surface area contributed by atoms with Gasteiger partial charge in [-0.25, -0.2) is 0 Å². The average Bonchev–Trinajstić information content (AvgIpc) is 2.26. The number of hydrogen-bond donors (Lipinski definition) is 1. The van der Waals surface area contributed by atoms with Crippen LogP contribution in [0.2, 0.25) is 0 Å². The molecule has 0 radical (unpaired) electrons. The lowest BCUT2D eigenvalue weighted by Crippen LogP contribution is -2.35. The van der Waals surface area contributed by atoms with Gasteiger partial charge in [0.15, 0.2) is 0 Å². The van der Waals surface area contributed by atoms with Crippen LogP contribution in [0.1, 0.15) is 47.0 Å². The smallest absolute Gasteiger partial charge is 0.0107 e. The molecule has 1 N–H and O–H groups in total. The van der Waals surface area contributed by atoms with E-state index in [9.17, 15) is 0 Å². The minimum absolute atomic E-state index is 0.834. The Balaban J connectivity index is 3.44. The van der Waals surface area contributed by atoms with E-state index in [1.807, 2.05) is 0 Å². The fourth-order valence-corrected chi connectivity index (χ4v) is 1.61. The van der Waals surface area contributed by atoms with E-state index in [0.717, 1.165) is 12.5 Å². The van der Waals surface area contributed by atoms with Crippen LogP contribution >= 0.6 is 0 Å². The number of nitrogens with zero attached hydrogens (tertiary/aromatic N) is 1. The van der Waals surface area contributed by atoms with Crippen molar-refractivity contribution in [3.05, 3.63) is 0 Å². The van der Waals surface area contributed by atoms with Gasteiger partial charge in [-0.3, -0.25) is 0 Å². The van der Waals surface area contributed by atoms with Gasteiger partial charge in [-0.1, -0.05) is 40.5 Å². The number of unbranched alkanes of at least 4 members (excludes halogenated alkanes) is 1. The van der Waals surface area contributed by atoms with Crippen LogP contribution in [0, 0.1) is 5.92 Å². The SMILES string of the molecule is CCCCNCCN(CC)CC(C)CC. The summed E-state index contributed by atoms with van der Waals surface area (Å²) in [7, 11) is 0. The van der Waals surface area contributed by atoms with E-state index in [-0.39, 0.29) is 0 Å². The maximum Gasteiger partial charge on any atom is 0.0107 e. The fourth-order valence-electron chi connectivity index (χ4n) is 1.61. The first kappa shape index (κ1) is 14.9. The van der Waals surface area contributed by atoms with Gasteiger partial charge in [0.05, 0.1) is 0 Å². The van der Waals surface area contributed by atoms with E-state index in [2.05, 4.69) is 37.9 Å². The zero-order chi connectivity index (χ0) is 11.5. The molecule has 15 heavy (non-hydrogen) atoms. The second-order valence-electron chi connectivity index (χ2n) is 4.51. The molecule has 0 spiro atoms. The maximum absolute atomic E-state index is 3.50. The van der Waals surface area contributed by atoms with Crippen molar-refractivity contribution in [1.29, 1.82) is 0 Å². The third-order valence-electron chi connectivity index (χ3n) is 3.03. The summed E-state index contributed by atoms with van der Waals surface area (Å²) in [5.41, 5.74) is 0. The molecule has 2 heteroatoms. The van der Waals surface area contributed by atoms with Crippen molar-refractivity contribution >= 4 is 0 Å². The molecular weight excluding hydrogens is 184 g/mol. The second-order valence-corrected chi connectivity index (χ2v) is 4.51. The monoisotopic (exact) mass is 214 g/mol. The topological polar surface area (TPSA) is 15.3 Å². The summed E-state index contributed by atoms with van der Waals surface area (Å²) in [6.45, 7) is 15.1. The van der Waals surface area contributed by atoms with Gasteiger partial charge in [0.1, 0.15) is 0 Å². The van der Waals surface area contributed by atoms with Gasteiger partial charge in [-0.05, 0) is 25.4 Å². The van der Waals surface area contributed by atoms with Crippen LogP contribution in [0.15, 0.2) is 0 Å². The van der Waals surface area contributed by atoms with E-state index in [1.54, 1.807) is 0 Å². The Kier molecular flexibility index (Phi) is 10.4. The lowest BCUT2D eigenvalue weighted by Gasteiger charge is -2.23. The molecule has 0 heterocycles. The lowest BCUT2D eigenvalue weighted by atomic mass is 10.1. The fraction of sp³-hybridized carbons (Fsp3) is 1.00.